The molecule has 0 heterocycles. The van der Waals surface area contributed by atoms with Crippen molar-refractivity contribution in [3.05, 3.63) is 0 Å². The highest BCUT2D eigenvalue weighted by atomic mass is 31.2. The molecule has 9 heavy (non-hydrogen) atoms. The largest absolute Gasteiger partial charge is 1.00 e. The maximum Gasteiger partial charge on any atom is 1.00 e. The first-order valence-corrected chi connectivity index (χ1v) is 3.06. The Labute approximate surface area is 54.9 Å². The smallest absolute Gasteiger partial charge is 0.790 e. The predicted molar refractivity (Wildman–Crippen MR) is 26.4 cm³/mol. The van der Waals surface area contributed by atoms with E-state index in [4.69, 9.17) is 5.26 Å². The molecule has 7 heteroatoms. The van der Waals surface area contributed by atoms with E-state index < -0.39 is 14.4 Å². The standard InChI is InChI=1S/C2H4NO4P.H3N/c3-1-2-7-8(4,5)6;/h2H2,(H2,4,5,6);1H3. The van der Waals surface area contributed by atoms with Crippen molar-refractivity contribution in [2.45, 2.75) is 0 Å². The zero-order valence-corrected chi connectivity index (χ0v) is 5.34. The Morgan fingerprint density at radius 1 is 1.78 bits per heavy atom. The molecule has 6 nitrogen and oxygen atoms in total. The van der Waals surface area contributed by atoms with Gasteiger partial charge >= 0.3 is 2.85 Å². The van der Waals surface area contributed by atoms with Gasteiger partial charge < -0.3 is 25.0 Å². The monoisotopic (exact) mass is 154 g/mol. The van der Waals surface area contributed by atoms with Crippen LogP contribution in [0.15, 0.2) is 0 Å². The van der Waals surface area contributed by atoms with E-state index in [-0.39, 0.29) is 9.00 Å². The Morgan fingerprint density at radius 3 is 2.33 bits per heavy atom. The van der Waals surface area contributed by atoms with Crippen LogP contribution >= 0.6 is 7.82 Å². The fourth-order valence-electron chi connectivity index (χ4n) is 0.108. The van der Waals surface area contributed by atoms with Crippen LogP contribution in [0.4, 0.5) is 0 Å². The summed E-state index contributed by atoms with van der Waals surface area (Å²) in [5.74, 6) is 0. The van der Waals surface area contributed by atoms with E-state index in [0.717, 1.165) is 0 Å². The quantitative estimate of drug-likeness (QED) is 0.493. The molecule has 0 rings (SSSR count). The molecule has 0 aliphatic heterocycles. The molecule has 54 valence electrons. The van der Waals surface area contributed by atoms with Gasteiger partial charge in [-0.1, -0.05) is 0 Å². The lowest BCUT2D eigenvalue weighted by atomic mass is 10.9. The van der Waals surface area contributed by atoms with Crippen molar-refractivity contribution in [2.75, 3.05) is 6.61 Å². The molecule has 0 aliphatic rings. The molecule has 0 fully saturated rings. The van der Waals surface area contributed by atoms with Crippen molar-refractivity contribution in [1.82, 2.24) is 6.15 Å². The first-order chi connectivity index (χ1) is 3.56. The number of nitriles is 1. The molecule has 0 saturated carbocycles. The summed E-state index contributed by atoms with van der Waals surface area (Å²) in [6, 6.07) is 1.33. The molecule has 0 bridgehead atoms. The average Bonchev–Trinajstić information content (AvgIpc) is 1.59. The van der Waals surface area contributed by atoms with E-state index >= 15 is 0 Å². The number of phosphoric acid groups is 1. The number of phosphoric ester groups is 1. The van der Waals surface area contributed by atoms with Crippen molar-refractivity contribution in [3.63, 3.8) is 0 Å². The number of nitrogens with zero attached hydrogens (tertiary/aromatic N) is 1. The molecule has 0 aromatic rings. The van der Waals surface area contributed by atoms with Crippen molar-refractivity contribution in [2.24, 2.45) is 0 Å². The van der Waals surface area contributed by atoms with E-state index in [9.17, 15) is 14.4 Å². The zero-order valence-electron chi connectivity index (χ0n) is 6.44. The summed E-state index contributed by atoms with van der Waals surface area (Å²) in [5.41, 5.74) is 0. The Balaban J connectivity index is -0.0000000817. The van der Waals surface area contributed by atoms with Gasteiger partial charge in [0.15, 0.2) is 0 Å². The normalized spacial score (nSPS) is 9.44. The fraction of sp³-hybridized carbons (Fsp3) is 0.500. The van der Waals surface area contributed by atoms with Crippen LogP contribution in [0.25, 0.3) is 0 Å². The second-order valence-electron chi connectivity index (χ2n) is 0.879. The Hall–Kier alpha value is -0.440. The minimum absolute atomic E-state index is 0. The predicted octanol–water partition coefficient (Wildman–Crippen LogP) is -1.26. The van der Waals surface area contributed by atoms with Gasteiger partial charge in [-0.15, -0.1) is 0 Å². The second kappa shape index (κ2) is 4.44. The maximum atomic E-state index is 9.49. The molecule has 0 atom stereocenters. The summed E-state index contributed by atoms with van der Waals surface area (Å²) in [4.78, 5) is 19.0. The third-order valence-corrected chi connectivity index (χ3v) is 0.733. The third kappa shape index (κ3) is 11.2. The number of hydrogen-bond acceptors (Lipinski definition) is 6. The van der Waals surface area contributed by atoms with Gasteiger partial charge in [-0.05, 0) is 0 Å². The summed E-state index contributed by atoms with van der Waals surface area (Å²) >= 11 is 0. The van der Waals surface area contributed by atoms with Gasteiger partial charge in [0, 0.05) is 0 Å². The van der Waals surface area contributed by atoms with E-state index in [0.29, 0.717) is 0 Å². The van der Waals surface area contributed by atoms with Crippen LogP contribution in [-0.2, 0) is 9.09 Å². The van der Waals surface area contributed by atoms with Crippen molar-refractivity contribution < 1.29 is 21.7 Å². The zero-order chi connectivity index (χ0) is 6.62. The molecule has 0 aromatic carbocycles. The van der Waals surface area contributed by atoms with Gasteiger partial charge in [0.05, 0.1) is 13.9 Å². The highest BCUT2D eigenvalue weighted by molar-refractivity contribution is 7.43. The van der Waals surface area contributed by atoms with Crippen molar-refractivity contribution >= 4 is 7.82 Å². The summed E-state index contributed by atoms with van der Waals surface area (Å²) < 4.78 is 13.0. The van der Waals surface area contributed by atoms with Gasteiger partial charge in [-0.25, -0.2) is 0 Å². The molecule has 0 aliphatic carbocycles. The van der Waals surface area contributed by atoms with E-state index in [1.54, 1.807) is 0 Å². The van der Waals surface area contributed by atoms with Crippen LogP contribution in [0, 0.1) is 11.3 Å². The summed E-state index contributed by atoms with van der Waals surface area (Å²) in [7, 11) is -4.90. The molecule has 3 N–H and O–H groups in total. The first-order valence-electron chi connectivity index (χ1n) is 1.60. The van der Waals surface area contributed by atoms with Crippen LogP contribution in [-0.4, -0.2) is 6.61 Å². The van der Waals surface area contributed by atoms with E-state index in [1.165, 1.54) is 6.07 Å². The molecule has 0 spiro atoms. The summed E-state index contributed by atoms with van der Waals surface area (Å²) in [6.45, 7) is -0.704. The maximum absolute atomic E-state index is 9.49. The lowest BCUT2D eigenvalue weighted by molar-refractivity contribution is -0.340. The molecule has 0 unspecified atom stereocenters. The Morgan fingerprint density at radius 2 is 2.22 bits per heavy atom. The second-order valence-corrected chi connectivity index (χ2v) is 2.03. The van der Waals surface area contributed by atoms with Crippen LogP contribution in [0.1, 0.15) is 2.85 Å². The molecular formula is C2H7N2O4P. The molecule has 0 radical (unpaired) electrons. The SMILES string of the molecule is N.N#CCOP(=O)([O-])[O-].[H+].[H+]. The van der Waals surface area contributed by atoms with E-state index in [1.807, 2.05) is 0 Å². The number of rotatable bonds is 2. The van der Waals surface area contributed by atoms with Gasteiger partial charge in [-0.2, -0.15) is 5.26 Å². The number of hydrogen-bond donors (Lipinski definition) is 1. The summed E-state index contributed by atoms with van der Waals surface area (Å²) in [6.07, 6.45) is 0. The van der Waals surface area contributed by atoms with Crippen LogP contribution in [0.5, 0.6) is 0 Å². The molecule has 0 aromatic heterocycles. The Bertz CT molecular complexity index is 153. The van der Waals surface area contributed by atoms with E-state index in [2.05, 4.69) is 4.52 Å². The summed E-state index contributed by atoms with van der Waals surface area (Å²) in [5, 5.41) is 7.66. The molecule has 0 saturated heterocycles. The Kier molecular flexibility index (Phi) is 5.61. The lowest BCUT2D eigenvalue weighted by Crippen LogP contribution is -2.16. The minimum atomic E-state index is -4.90. The van der Waals surface area contributed by atoms with Crippen molar-refractivity contribution in [1.29, 1.82) is 5.26 Å². The first kappa shape index (κ1) is 11.4. The third-order valence-electron chi connectivity index (χ3n) is 0.287. The average molecular weight is 154 g/mol. The molecular weight excluding hydrogens is 147 g/mol. The minimum Gasteiger partial charge on any atom is -0.790 e. The van der Waals surface area contributed by atoms with Gasteiger partial charge in [0.25, 0.3) is 0 Å². The lowest BCUT2D eigenvalue weighted by Gasteiger charge is -2.26. The van der Waals surface area contributed by atoms with Crippen molar-refractivity contribution in [3.8, 4) is 6.07 Å². The van der Waals surface area contributed by atoms with Crippen LogP contribution in [0.3, 0.4) is 0 Å². The molecule has 0 amide bonds. The highest BCUT2D eigenvalue weighted by Crippen LogP contribution is 2.23. The highest BCUT2D eigenvalue weighted by Gasteiger charge is 1.85. The topological polar surface area (TPSA) is 131 Å². The van der Waals surface area contributed by atoms with Gasteiger partial charge in [0.1, 0.15) is 6.61 Å². The van der Waals surface area contributed by atoms with Gasteiger partial charge in [0.2, 0.25) is 0 Å². The van der Waals surface area contributed by atoms with Gasteiger partial charge in [-0.3, -0.25) is 0 Å². The van der Waals surface area contributed by atoms with Crippen LogP contribution < -0.4 is 15.9 Å². The fourth-order valence-corrected chi connectivity index (χ4v) is 0.324. The van der Waals surface area contributed by atoms with Crippen LogP contribution in [0.2, 0.25) is 0 Å².